The smallest absolute Gasteiger partial charge is 0.0430 e. The lowest BCUT2D eigenvalue weighted by molar-refractivity contribution is 0.717. The van der Waals surface area contributed by atoms with E-state index < -0.39 is 0 Å². The van der Waals surface area contributed by atoms with E-state index in [1.54, 1.807) is 0 Å². The zero-order chi connectivity index (χ0) is 27.8. The van der Waals surface area contributed by atoms with Gasteiger partial charge in [-0.05, 0) is 101 Å². The second kappa shape index (κ2) is 11.6. The van der Waals surface area contributed by atoms with Crippen LogP contribution in [0.2, 0.25) is 0 Å². The molecule has 0 fully saturated rings. The normalized spacial score (nSPS) is 12.0. The second-order valence-electron chi connectivity index (χ2n) is 11.7. The molecule has 4 aromatic carbocycles. The highest BCUT2D eigenvalue weighted by molar-refractivity contribution is 7.20. The van der Waals surface area contributed by atoms with Crippen LogP contribution in [0.25, 0.3) is 42.4 Å². The third-order valence-corrected chi connectivity index (χ3v) is 11.3. The largest absolute Gasteiger partial charge is 0.140 e. The van der Waals surface area contributed by atoms with Crippen molar-refractivity contribution in [3.8, 4) is 22.3 Å². The van der Waals surface area contributed by atoms with Gasteiger partial charge in [-0.1, -0.05) is 99.5 Å². The number of benzene rings is 4. The molecule has 2 heteroatoms. The van der Waals surface area contributed by atoms with Gasteiger partial charge in [0.25, 0.3) is 0 Å². The van der Waals surface area contributed by atoms with Crippen LogP contribution in [0.4, 0.5) is 0 Å². The summed E-state index contributed by atoms with van der Waals surface area (Å²) in [6.45, 7) is 4.49. The average molecular weight is 571 g/mol. The maximum absolute atomic E-state index is 2.44. The van der Waals surface area contributed by atoms with Crippen molar-refractivity contribution in [1.82, 2.24) is 0 Å². The van der Waals surface area contributed by atoms with Gasteiger partial charge in [-0.3, -0.25) is 0 Å². The molecule has 0 bridgehead atoms. The Morgan fingerprint density at radius 3 is 1.39 bits per heavy atom. The number of thiophene rings is 2. The van der Waals surface area contributed by atoms with Gasteiger partial charge in [-0.15, -0.1) is 22.7 Å². The average Bonchev–Trinajstić information content (AvgIpc) is 3.60. The van der Waals surface area contributed by atoms with Crippen molar-refractivity contribution in [2.75, 3.05) is 0 Å². The Kier molecular flexibility index (Phi) is 7.54. The van der Waals surface area contributed by atoms with E-state index in [-0.39, 0.29) is 0 Å². The number of hydrogen-bond donors (Lipinski definition) is 0. The molecule has 0 atom stereocenters. The lowest BCUT2D eigenvalue weighted by atomic mass is 9.79. The molecule has 0 amide bonds. The molecule has 0 unspecified atom stereocenters. The first-order valence-electron chi connectivity index (χ1n) is 15.5. The molecule has 7 rings (SSSR count). The number of unbranched alkanes of at least 4 members (excludes halogenated alkanes) is 2. The van der Waals surface area contributed by atoms with E-state index in [2.05, 4.69) is 98.8 Å². The van der Waals surface area contributed by atoms with E-state index in [9.17, 15) is 0 Å². The van der Waals surface area contributed by atoms with Crippen LogP contribution in [-0.2, 0) is 38.5 Å². The molecule has 0 aliphatic heterocycles. The first kappa shape index (κ1) is 26.7. The highest BCUT2D eigenvalue weighted by atomic mass is 32.1. The monoisotopic (exact) mass is 570 g/mol. The van der Waals surface area contributed by atoms with Gasteiger partial charge < -0.3 is 0 Å². The quantitative estimate of drug-likeness (QED) is 0.136. The molecule has 1 aliphatic carbocycles. The summed E-state index contributed by atoms with van der Waals surface area (Å²) in [7, 11) is 0. The Morgan fingerprint density at radius 1 is 0.463 bits per heavy atom. The molecular weight excluding hydrogens is 533 g/mol. The van der Waals surface area contributed by atoms with Crippen LogP contribution >= 0.6 is 22.7 Å². The van der Waals surface area contributed by atoms with Crippen LogP contribution in [-0.4, -0.2) is 0 Å². The maximum Gasteiger partial charge on any atom is 0.0430 e. The van der Waals surface area contributed by atoms with Crippen molar-refractivity contribution in [3.05, 3.63) is 117 Å². The Balaban J connectivity index is 1.07. The Labute approximate surface area is 252 Å². The molecule has 0 spiro atoms. The minimum Gasteiger partial charge on any atom is -0.140 e. The predicted octanol–water partition coefficient (Wildman–Crippen LogP) is 11.6. The maximum atomic E-state index is 2.44. The van der Waals surface area contributed by atoms with E-state index in [1.165, 1.54) is 100 Å². The number of rotatable bonds is 11. The van der Waals surface area contributed by atoms with E-state index in [1.807, 2.05) is 22.7 Å². The molecular formula is C39H38S2. The van der Waals surface area contributed by atoms with Gasteiger partial charge in [-0.25, -0.2) is 0 Å². The molecule has 0 saturated heterocycles. The molecule has 0 radical (unpaired) electrons. The third-order valence-electron chi connectivity index (χ3n) is 8.86. The van der Waals surface area contributed by atoms with Crippen molar-refractivity contribution in [1.29, 1.82) is 0 Å². The second-order valence-corrected chi connectivity index (χ2v) is 14.0. The van der Waals surface area contributed by atoms with Crippen molar-refractivity contribution in [2.24, 2.45) is 0 Å². The van der Waals surface area contributed by atoms with Gasteiger partial charge in [0.1, 0.15) is 0 Å². The molecule has 206 valence electrons. The first-order valence-corrected chi connectivity index (χ1v) is 17.1. The fourth-order valence-corrected chi connectivity index (χ4v) is 8.81. The fourth-order valence-electron chi connectivity index (χ4n) is 6.38. The zero-order valence-electron chi connectivity index (χ0n) is 24.3. The summed E-state index contributed by atoms with van der Waals surface area (Å²) in [4.78, 5) is 3.00. The summed E-state index contributed by atoms with van der Waals surface area (Å²) in [5.74, 6) is 0. The molecule has 2 aromatic heterocycles. The van der Waals surface area contributed by atoms with Crippen LogP contribution in [0.15, 0.2) is 84.9 Å². The van der Waals surface area contributed by atoms with E-state index >= 15 is 0 Å². The Morgan fingerprint density at radius 2 is 0.927 bits per heavy atom. The summed E-state index contributed by atoms with van der Waals surface area (Å²) in [6, 6.07) is 32.9. The van der Waals surface area contributed by atoms with Gasteiger partial charge in [0.15, 0.2) is 0 Å². The van der Waals surface area contributed by atoms with Gasteiger partial charge >= 0.3 is 0 Å². The van der Waals surface area contributed by atoms with Gasteiger partial charge in [0.05, 0.1) is 0 Å². The van der Waals surface area contributed by atoms with Crippen LogP contribution in [0.5, 0.6) is 0 Å². The van der Waals surface area contributed by atoms with Gasteiger partial charge in [-0.2, -0.15) is 0 Å². The summed E-state index contributed by atoms with van der Waals surface area (Å²) < 4.78 is 2.95. The molecule has 0 nitrogen and oxygen atoms in total. The minimum atomic E-state index is 1.11. The molecule has 0 saturated carbocycles. The van der Waals surface area contributed by atoms with Crippen LogP contribution < -0.4 is 0 Å². The summed E-state index contributed by atoms with van der Waals surface area (Å²) in [6.07, 6.45) is 10.7. The topological polar surface area (TPSA) is 0 Å². The van der Waals surface area contributed by atoms with E-state index in [0.29, 0.717) is 0 Å². The van der Waals surface area contributed by atoms with Gasteiger partial charge in [0.2, 0.25) is 0 Å². The number of fused-ring (bicyclic) bond motifs is 8. The van der Waals surface area contributed by atoms with Crippen molar-refractivity contribution in [2.45, 2.75) is 71.6 Å². The molecule has 2 heterocycles. The standard InChI is InChI=1S/C39H38S2/c1-3-5-6-7-27-12-14-29(15-13-27)17-21-33-25-31-19-23-35-36-34(37(35)39(31)41-33)22-18-30-24-32(40-38(30)36)20-16-28-10-8-26(4-2)9-11-28/h8-15,18-19,22-25H,3-7,16-17,20-21H2,1-2H3. The zero-order valence-corrected chi connectivity index (χ0v) is 25.9. The minimum absolute atomic E-state index is 1.11. The van der Waals surface area contributed by atoms with Crippen LogP contribution in [0.1, 0.15) is 65.1 Å². The third kappa shape index (κ3) is 5.29. The summed E-state index contributed by atoms with van der Waals surface area (Å²) >= 11 is 4.02. The number of aryl methyl sites for hydroxylation is 6. The highest BCUT2D eigenvalue weighted by Crippen LogP contribution is 2.56. The van der Waals surface area contributed by atoms with E-state index in [0.717, 1.165) is 32.1 Å². The van der Waals surface area contributed by atoms with Crippen molar-refractivity contribution in [3.63, 3.8) is 0 Å². The SMILES string of the molecule is CCCCCc1ccc(CCc2cc3ccc4c(c3s2)-c2ccc3cc(CCc5ccc(CC)cc5)sc3c2-4)cc1. The Bertz CT molecular complexity index is 1810. The van der Waals surface area contributed by atoms with Crippen LogP contribution in [0, 0.1) is 0 Å². The summed E-state index contributed by atoms with van der Waals surface area (Å²) in [5, 5.41) is 2.81. The van der Waals surface area contributed by atoms with E-state index in [4.69, 9.17) is 0 Å². The predicted molar refractivity (Wildman–Crippen MR) is 182 cm³/mol. The van der Waals surface area contributed by atoms with Crippen molar-refractivity contribution >= 4 is 42.8 Å². The van der Waals surface area contributed by atoms with Gasteiger partial charge in [0, 0.05) is 30.3 Å². The molecule has 0 N–H and O–H groups in total. The fraction of sp³-hybridized carbons (Fsp3) is 0.282. The Hall–Kier alpha value is -3.20. The first-order chi connectivity index (χ1) is 20.2. The molecule has 6 aromatic rings. The molecule has 41 heavy (non-hydrogen) atoms. The lowest BCUT2D eigenvalue weighted by Gasteiger charge is -2.25. The van der Waals surface area contributed by atoms with Crippen LogP contribution in [0.3, 0.4) is 0 Å². The highest BCUT2D eigenvalue weighted by Gasteiger charge is 2.28. The summed E-state index contributed by atoms with van der Waals surface area (Å²) in [5.41, 5.74) is 11.7. The number of hydrogen-bond acceptors (Lipinski definition) is 2. The van der Waals surface area contributed by atoms with Crippen molar-refractivity contribution < 1.29 is 0 Å². The lowest BCUT2D eigenvalue weighted by Crippen LogP contribution is -1.98. The molecule has 1 aliphatic rings.